The zero-order valence-corrected chi connectivity index (χ0v) is 11.5. The van der Waals surface area contributed by atoms with Gasteiger partial charge in [-0.1, -0.05) is 13.3 Å². The van der Waals surface area contributed by atoms with E-state index in [2.05, 4.69) is 27.2 Å². The topological polar surface area (TPSA) is 59.9 Å². The average molecular weight is 258 g/mol. The number of nitrogens with one attached hydrogen (secondary N) is 1. The van der Waals surface area contributed by atoms with Gasteiger partial charge in [0.05, 0.1) is 7.11 Å². The fourth-order valence-electron chi connectivity index (χ4n) is 1.77. The van der Waals surface area contributed by atoms with Gasteiger partial charge in [-0.3, -0.25) is 0 Å². The van der Waals surface area contributed by atoms with Crippen LogP contribution in [0.15, 0.2) is 24.4 Å². The molecule has 19 heavy (non-hydrogen) atoms. The molecule has 1 N–H and O–H groups in total. The number of nitrogens with zero attached hydrogens (tertiary/aromatic N) is 3. The average Bonchev–Trinajstić information content (AvgIpc) is 2.47. The van der Waals surface area contributed by atoms with Crippen molar-refractivity contribution in [3.8, 4) is 17.3 Å². The summed E-state index contributed by atoms with van der Waals surface area (Å²) in [6, 6.07) is 5.70. The third kappa shape index (κ3) is 3.19. The third-order valence-corrected chi connectivity index (χ3v) is 2.75. The fourth-order valence-corrected chi connectivity index (χ4v) is 1.77. The van der Waals surface area contributed by atoms with E-state index in [-0.39, 0.29) is 0 Å². The van der Waals surface area contributed by atoms with Crippen molar-refractivity contribution in [3.63, 3.8) is 0 Å². The molecule has 0 aliphatic rings. The Hall–Kier alpha value is -2.17. The summed E-state index contributed by atoms with van der Waals surface area (Å²) < 4.78 is 5.05. The molecule has 0 aliphatic carbocycles. The SMILES string of the molecule is CCCc1cc(NC)nc(-c2ccc(OC)nc2)n1. The molecule has 5 heteroatoms. The number of aromatic nitrogens is 3. The molecule has 0 saturated heterocycles. The Morgan fingerprint density at radius 3 is 2.68 bits per heavy atom. The van der Waals surface area contributed by atoms with Crippen molar-refractivity contribution < 1.29 is 4.74 Å². The van der Waals surface area contributed by atoms with Gasteiger partial charge in [-0.05, 0) is 12.5 Å². The monoisotopic (exact) mass is 258 g/mol. The zero-order valence-electron chi connectivity index (χ0n) is 11.5. The van der Waals surface area contributed by atoms with E-state index in [0.717, 1.165) is 29.9 Å². The predicted molar refractivity (Wildman–Crippen MR) is 75.4 cm³/mol. The maximum absolute atomic E-state index is 5.05. The quantitative estimate of drug-likeness (QED) is 0.893. The van der Waals surface area contributed by atoms with Gasteiger partial charge in [0.25, 0.3) is 0 Å². The molecule has 0 aromatic carbocycles. The zero-order chi connectivity index (χ0) is 13.7. The molecule has 100 valence electrons. The van der Waals surface area contributed by atoms with Crippen LogP contribution in [0.1, 0.15) is 19.0 Å². The summed E-state index contributed by atoms with van der Waals surface area (Å²) in [5.41, 5.74) is 1.92. The summed E-state index contributed by atoms with van der Waals surface area (Å²) in [7, 11) is 3.45. The number of aryl methyl sites for hydroxylation is 1. The van der Waals surface area contributed by atoms with Gasteiger partial charge in [0, 0.05) is 36.6 Å². The summed E-state index contributed by atoms with van der Waals surface area (Å²) in [5.74, 6) is 2.09. The van der Waals surface area contributed by atoms with E-state index >= 15 is 0 Å². The summed E-state index contributed by atoms with van der Waals surface area (Å²) in [6.07, 6.45) is 3.72. The van der Waals surface area contributed by atoms with Gasteiger partial charge in [-0.25, -0.2) is 15.0 Å². The number of pyridine rings is 1. The number of methoxy groups -OCH3 is 1. The van der Waals surface area contributed by atoms with Crippen LogP contribution in [0, 0.1) is 0 Å². The van der Waals surface area contributed by atoms with Crippen molar-refractivity contribution in [1.82, 2.24) is 15.0 Å². The summed E-state index contributed by atoms with van der Waals surface area (Å²) in [4.78, 5) is 13.2. The Morgan fingerprint density at radius 1 is 1.26 bits per heavy atom. The molecule has 0 saturated carbocycles. The van der Waals surface area contributed by atoms with E-state index in [1.54, 1.807) is 13.3 Å². The highest BCUT2D eigenvalue weighted by atomic mass is 16.5. The van der Waals surface area contributed by atoms with E-state index in [1.807, 2.05) is 25.2 Å². The van der Waals surface area contributed by atoms with Gasteiger partial charge in [-0.15, -0.1) is 0 Å². The first kappa shape index (κ1) is 13.3. The van der Waals surface area contributed by atoms with Crippen molar-refractivity contribution in [2.45, 2.75) is 19.8 Å². The van der Waals surface area contributed by atoms with Gasteiger partial charge < -0.3 is 10.1 Å². The molecule has 0 spiro atoms. The minimum atomic E-state index is 0.585. The first-order chi connectivity index (χ1) is 9.26. The highest BCUT2D eigenvalue weighted by Gasteiger charge is 2.07. The van der Waals surface area contributed by atoms with Crippen molar-refractivity contribution in [3.05, 3.63) is 30.1 Å². The minimum absolute atomic E-state index is 0.585. The molecule has 0 aliphatic heterocycles. The normalized spacial score (nSPS) is 10.3. The van der Waals surface area contributed by atoms with Crippen molar-refractivity contribution in [1.29, 1.82) is 0 Å². The number of ether oxygens (including phenoxy) is 1. The standard InChI is InChI=1S/C14H18N4O/c1-4-5-11-8-12(15-2)18-14(17-11)10-6-7-13(19-3)16-9-10/h6-9H,4-5H2,1-3H3,(H,15,17,18). The first-order valence-electron chi connectivity index (χ1n) is 6.33. The maximum atomic E-state index is 5.05. The van der Waals surface area contributed by atoms with Gasteiger partial charge in [0.2, 0.25) is 5.88 Å². The van der Waals surface area contributed by atoms with E-state index in [4.69, 9.17) is 4.74 Å². The van der Waals surface area contributed by atoms with Crippen LogP contribution >= 0.6 is 0 Å². The Kier molecular flexibility index (Phi) is 4.28. The van der Waals surface area contributed by atoms with E-state index < -0.39 is 0 Å². The molecule has 2 heterocycles. The summed E-state index contributed by atoms with van der Waals surface area (Å²) >= 11 is 0. The maximum Gasteiger partial charge on any atom is 0.212 e. The van der Waals surface area contributed by atoms with Crippen LogP contribution in [-0.4, -0.2) is 29.1 Å². The molecule has 0 fully saturated rings. The van der Waals surface area contributed by atoms with E-state index in [9.17, 15) is 0 Å². The fraction of sp³-hybridized carbons (Fsp3) is 0.357. The van der Waals surface area contributed by atoms with Crippen molar-refractivity contribution in [2.75, 3.05) is 19.5 Å². The molecule has 2 aromatic rings. The van der Waals surface area contributed by atoms with Gasteiger partial charge in [0.1, 0.15) is 5.82 Å². The Bertz CT molecular complexity index is 540. The molecule has 5 nitrogen and oxygen atoms in total. The second-order valence-electron chi connectivity index (χ2n) is 4.16. The van der Waals surface area contributed by atoms with Gasteiger partial charge >= 0.3 is 0 Å². The van der Waals surface area contributed by atoms with Crippen LogP contribution in [0.2, 0.25) is 0 Å². The van der Waals surface area contributed by atoms with Crippen LogP contribution in [0.3, 0.4) is 0 Å². The van der Waals surface area contributed by atoms with Crippen LogP contribution < -0.4 is 10.1 Å². The van der Waals surface area contributed by atoms with Crippen LogP contribution in [0.5, 0.6) is 5.88 Å². The van der Waals surface area contributed by atoms with Gasteiger partial charge in [-0.2, -0.15) is 0 Å². The number of anilines is 1. The second kappa shape index (κ2) is 6.13. The smallest absolute Gasteiger partial charge is 0.212 e. The van der Waals surface area contributed by atoms with Crippen LogP contribution in [0.4, 0.5) is 5.82 Å². The number of rotatable bonds is 5. The molecule has 2 rings (SSSR count). The van der Waals surface area contributed by atoms with Crippen LogP contribution in [0.25, 0.3) is 11.4 Å². The number of hydrogen-bond acceptors (Lipinski definition) is 5. The molecular formula is C14H18N4O. The summed E-state index contributed by atoms with van der Waals surface area (Å²) in [6.45, 7) is 2.13. The highest BCUT2D eigenvalue weighted by molar-refractivity contribution is 5.56. The lowest BCUT2D eigenvalue weighted by Crippen LogP contribution is -2.01. The molecule has 0 unspecified atom stereocenters. The molecular weight excluding hydrogens is 240 g/mol. The molecule has 0 amide bonds. The third-order valence-electron chi connectivity index (χ3n) is 2.75. The van der Waals surface area contributed by atoms with Gasteiger partial charge in [0.15, 0.2) is 5.82 Å². The minimum Gasteiger partial charge on any atom is -0.481 e. The number of hydrogen-bond donors (Lipinski definition) is 1. The van der Waals surface area contributed by atoms with Crippen molar-refractivity contribution in [2.24, 2.45) is 0 Å². The lowest BCUT2D eigenvalue weighted by atomic mass is 10.2. The largest absolute Gasteiger partial charge is 0.481 e. The molecule has 0 bridgehead atoms. The van der Waals surface area contributed by atoms with E-state index in [0.29, 0.717) is 11.7 Å². The second-order valence-corrected chi connectivity index (χ2v) is 4.16. The Balaban J connectivity index is 2.38. The molecule has 2 aromatic heterocycles. The molecule has 0 atom stereocenters. The Morgan fingerprint density at radius 2 is 2.11 bits per heavy atom. The molecule has 0 radical (unpaired) electrons. The lowest BCUT2D eigenvalue weighted by molar-refractivity contribution is 0.398. The summed E-state index contributed by atoms with van der Waals surface area (Å²) in [5, 5.41) is 3.06. The predicted octanol–water partition coefficient (Wildman–Crippen LogP) is 2.54. The Labute approximate surface area is 113 Å². The lowest BCUT2D eigenvalue weighted by Gasteiger charge is -2.07. The van der Waals surface area contributed by atoms with E-state index in [1.165, 1.54) is 0 Å². The van der Waals surface area contributed by atoms with Crippen LogP contribution in [-0.2, 0) is 6.42 Å². The highest BCUT2D eigenvalue weighted by Crippen LogP contribution is 2.19. The first-order valence-corrected chi connectivity index (χ1v) is 6.33. The van der Waals surface area contributed by atoms with Crippen molar-refractivity contribution >= 4 is 5.82 Å².